The maximum Gasteiger partial charge on any atom is 0.256 e. The van der Waals surface area contributed by atoms with E-state index in [1.165, 1.54) is 16.4 Å². The highest BCUT2D eigenvalue weighted by molar-refractivity contribution is 7.89. The molecule has 0 atom stereocenters. The lowest BCUT2D eigenvalue weighted by atomic mass is 10.2. The zero-order valence-corrected chi connectivity index (χ0v) is 16.5. The molecule has 142 valence electrons. The number of nitrogens with zero attached hydrogens (tertiary/aromatic N) is 3. The molecule has 2 rings (SSSR count). The quantitative estimate of drug-likeness (QED) is 0.765. The van der Waals surface area contributed by atoms with E-state index in [0.717, 1.165) is 0 Å². The zero-order valence-electron chi connectivity index (χ0n) is 15.6. The number of carbonyl (C=O) groups excluding carboxylic acids is 1. The Hall–Kier alpha value is -2.19. The van der Waals surface area contributed by atoms with E-state index in [1.807, 2.05) is 0 Å². The molecule has 0 fully saturated rings. The van der Waals surface area contributed by atoms with Crippen LogP contribution in [-0.4, -0.2) is 41.5 Å². The van der Waals surface area contributed by atoms with E-state index in [1.54, 1.807) is 42.9 Å². The molecule has 8 heteroatoms. The fraction of sp³-hybridized carbons (Fsp3) is 0.444. The summed E-state index contributed by atoms with van der Waals surface area (Å²) in [5, 5.41) is 7.01. The molecule has 0 aliphatic carbocycles. The van der Waals surface area contributed by atoms with E-state index in [2.05, 4.69) is 24.3 Å². The highest BCUT2D eigenvalue weighted by Crippen LogP contribution is 2.18. The molecule has 0 aliphatic heterocycles. The van der Waals surface area contributed by atoms with Crippen LogP contribution in [0.1, 0.15) is 38.1 Å². The summed E-state index contributed by atoms with van der Waals surface area (Å²) in [5.41, 5.74) is 0.288. The molecule has 0 bridgehead atoms. The van der Waals surface area contributed by atoms with Crippen molar-refractivity contribution in [2.24, 2.45) is 5.92 Å². The molecular formula is C18H26N4O3S. The largest absolute Gasteiger partial charge is 0.307 e. The van der Waals surface area contributed by atoms with Gasteiger partial charge in [-0.1, -0.05) is 33.8 Å². The minimum Gasteiger partial charge on any atom is -0.307 e. The summed E-state index contributed by atoms with van der Waals surface area (Å²) in [6.45, 7) is 9.14. The van der Waals surface area contributed by atoms with Crippen LogP contribution in [0.2, 0.25) is 0 Å². The summed E-state index contributed by atoms with van der Waals surface area (Å²) in [4.78, 5) is 12.7. The van der Waals surface area contributed by atoms with Crippen molar-refractivity contribution < 1.29 is 13.2 Å². The third-order valence-corrected chi connectivity index (χ3v) is 5.98. The molecule has 26 heavy (non-hydrogen) atoms. The monoisotopic (exact) mass is 378 g/mol. The van der Waals surface area contributed by atoms with Gasteiger partial charge in [0.15, 0.2) is 0 Å². The van der Waals surface area contributed by atoms with Gasteiger partial charge in [0, 0.05) is 31.3 Å². The predicted molar refractivity (Wildman–Crippen MR) is 102 cm³/mol. The molecular weight excluding hydrogens is 352 g/mol. The molecule has 0 unspecified atom stereocenters. The summed E-state index contributed by atoms with van der Waals surface area (Å²) in [6.07, 6.45) is 1.62. The van der Waals surface area contributed by atoms with E-state index >= 15 is 0 Å². The van der Waals surface area contributed by atoms with Crippen LogP contribution in [0.3, 0.4) is 0 Å². The van der Waals surface area contributed by atoms with Crippen LogP contribution >= 0.6 is 0 Å². The average molecular weight is 378 g/mol. The molecule has 7 nitrogen and oxygen atoms in total. The first-order valence-corrected chi connectivity index (χ1v) is 10.2. The van der Waals surface area contributed by atoms with Gasteiger partial charge in [-0.3, -0.25) is 4.79 Å². The summed E-state index contributed by atoms with van der Waals surface area (Å²) in [5.74, 6) is 0.598. The summed E-state index contributed by atoms with van der Waals surface area (Å²) in [6, 6.07) is 7.81. The first-order chi connectivity index (χ1) is 12.3. The van der Waals surface area contributed by atoms with Gasteiger partial charge < -0.3 is 5.32 Å². The Kier molecular flexibility index (Phi) is 6.55. The predicted octanol–water partition coefficient (Wildman–Crippen LogP) is 2.82. The summed E-state index contributed by atoms with van der Waals surface area (Å²) in [7, 11) is -3.61. The van der Waals surface area contributed by atoms with Crippen LogP contribution < -0.4 is 5.32 Å². The van der Waals surface area contributed by atoms with E-state index in [-0.39, 0.29) is 16.4 Å². The fourth-order valence-corrected chi connectivity index (χ4v) is 4.13. The van der Waals surface area contributed by atoms with Crippen LogP contribution in [0.5, 0.6) is 0 Å². The Morgan fingerprint density at radius 2 is 1.92 bits per heavy atom. The Morgan fingerprint density at radius 1 is 1.23 bits per heavy atom. The number of hydrogen-bond acceptors (Lipinski definition) is 4. The molecule has 0 radical (unpaired) electrons. The van der Waals surface area contributed by atoms with Crippen LogP contribution in [0, 0.1) is 5.92 Å². The van der Waals surface area contributed by atoms with Crippen molar-refractivity contribution in [2.45, 2.75) is 39.1 Å². The Balaban J connectivity index is 2.25. The van der Waals surface area contributed by atoms with E-state index in [4.69, 9.17) is 0 Å². The normalized spacial score (nSPS) is 11.9. The average Bonchev–Trinajstić information content (AvgIpc) is 3.02. The second-order valence-corrected chi connectivity index (χ2v) is 8.30. The van der Waals surface area contributed by atoms with E-state index in [9.17, 15) is 13.2 Å². The van der Waals surface area contributed by atoms with Crippen LogP contribution in [0.15, 0.2) is 41.4 Å². The zero-order chi connectivity index (χ0) is 19.3. The molecule has 1 aromatic carbocycles. The summed E-state index contributed by atoms with van der Waals surface area (Å²) >= 11 is 0. The number of amides is 1. The Labute approximate surface area is 155 Å². The second kappa shape index (κ2) is 8.46. The topological polar surface area (TPSA) is 84.3 Å². The lowest BCUT2D eigenvalue weighted by Crippen LogP contribution is -2.30. The molecule has 1 amide bonds. The summed E-state index contributed by atoms with van der Waals surface area (Å²) < 4.78 is 28.4. The molecule has 1 heterocycles. The Morgan fingerprint density at radius 3 is 2.54 bits per heavy atom. The molecule has 1 N–H and O–H groups in total. The van der Waals surface area contributed by atoms with Crippen LogP contribution in [-0.2, 0) is 16.6 Å². The van der Waals surface area contributed by atoms with Crippen LogP contribution in [0.25, 0.3) is 0 Å². The van der Waals surface area contributed by atoms with Gasteiger partial charge in [0.05, 0.1) is 11.1 Å². The highest BCUT2D eigenvalue weighted by Gasteiger charge is 2.22. The smallest absolute Gasteiger partial charge is 0.256 e. The van der Waals surface area contributed by atoms with Crippen molar-refractivity contribution in [3.05, 3.63) is 42.1 Å². The van der Waals surface area contributed by atoms with Gasteiger partial charge in [-0.15, -0.1) is 0 Å². The number of carbonyl (C=O) groups is 1. The first-order valence-electron chi connectivity index (χ1n) is 8.73. The number of rotatable bonds is 8. The van der Waals surface area contributed by atoms with Crippen LogP contribution in [0.4, 0.5) is 5.82 Å². The van der Waals surface area contributed by atoms with Gasteiger partial charge in [-0.25, -0.2) is 13.1 Å². The maximum atomic E-state index is 12.6. The molecule has 0 saturated heterocycles. The third kappa shape index (κ3) is 4.50. The molecule has 0 saturated carbocycles. The molecule has 1 aromatic heterocycles. The van der Waals surface area contributed by atoms with Gasteiger partial charge in [-0.05, 0) is 24.1 Å². The van der Waals surface area contributed by atoms with Crippen molar-refractivity contribution >= 4 is 21.7 Å². The number of sulfonamides is 1. The minimum absolute atomic E-state index is 0.115. The number of nitrogens with one attached hydrogen (secondary N) is 1. The second-order valence-electron chi connectivity index (χ2n) is 6.36. The van der Waals surface area contributed by atoms with E-state index < -0.39 is 10.0 Å². The van der Waals surface area contributed by atoms with Crippen molar-refractivity contribution in [3.8, 4) is 0 Å². The van der Waals surface area contributed by atoms with Crippen molar-refractivity contribution in [1.82, 2.24) is 14.1 Å². The van der Waals surface area contributed by atoms with Gasteiger partial charge >= 0.3 is 0 Å². The lowest BCUT2D eigenvalue weighted by molar-refractivity contribution is 0.102. The highest BCUT2D eigenvalue weighted by atomic mass is 32.2. The Bertz CT molecular complexity index is 855. The van der Waals surface area contributed by atoms with Crippen molar-refractivity contribution in [1.29, 1.82) is 0 Å². The fourth-order valence-electron chi connectivity index (χ4n) is 2.63. The minimum atomic E-state index is -3.61. The maximum absolute atomic E-state index is 12.6. The van der Waals surface area contributed by atoms with Gasteiger partial charge in [-0.2, -0.15) is 9.40 Å². The number of hydrogen-bond donors (Lipinski definition) is 1. The van der Waals surface area contributed by atoms with Crippen molar-refractivity contribution in [2.75, 3.05) is 18.4 Å². The first kappa shape index (κ1) is 20.1. The number of benzene rings is 1. The van der Waals surface area contributed by atoms with Gasteiger partial charge in [0.2, 0.25) is 10.0 Å². The molecule has 0 spiro atoms. The van der Waals surface area contributed by atoms with Crippen molar-refractivity contribution in [3.63, 3.8) is 0 Å². The number of aromatic nitrogens is 2. The molecule has 0 aliphatic rings. The standard InChI is InChI=1S/C18H26N4O3S/c1-5-21(6-2)26(24,25)16-9-7-8-15(12-16)18(23)20-17-10-11-19-22(17)13-14(3)4/h7-12,14H,5-6,13H2,1-4H3,(H,20,23). The number of anilines is 1. The van der Waals surface area contributed by atoms with Gasteiger partial charge in [0.25, 0.3) is 5.91 Å². The lowest BCUT2D eigenvalue weighted by Gasteiger charge is -2.18. The third-order valence-electron chi connectivity index (χ3n) is 3.94. The SMILES string of the molecule is CCN(CC)S(=O)(=O)c1cccc(C(=O)Nc2ccnn2CC(C)C)c1. The van der Waals surface area contributed by atoms with Gasteiger partial charge in [0.1, 0.15) is 5.82 Å². The van der Waals surface area contributed by atoms with E-state index in [0.29, 0.717) is 31.4 Å². The molecule has 2 aromatic rings.